The Hall–Kier alpha value is -1.41. The predicted molar refractivity (Wildman–Crippen MR) is 89.9 cm³/mol. The first kappa shape index (κ1) is 16.4. The van der Waals surface area contributed by atoms with Gasteiger partial charge in [0, 0.05) is 17.4 Å². The zero-order valence-electron chi connectivity index (χ0n) is 12.2. The Morgan fingerprint density at radius 1 is 1.26 bits per heavy atom. The molecule has 1 aliphatic heterocycles. The molecule has 2 aromatic carbocycles. The molecule has 7 heteroatoms. The van der Waals surface area contributed by atoms with Crippen molar-refractivity contribution < 1.29 is 18.3 Å². The van der Waals surface area contributed by atoms with Crippen LogP contribution in [0.3, 0.4) is 0 Å². The van der Waals surface area contributed by atoms with E-state index in [-0.39, 0.29) is 11.4 Å². The van der Waals surface area contributed by atoms with Crippen molar-refractivity contribution in [3.05, 3.63) is 58.1 Å². The number of fused-ring (bicyclic) bond motifs is 1. The molecule has 1 heterocycles. The van der Waals surface area contributed by atoms with Crippen LogP contribution >= 0.6 is 15.9 Å². The van der Waals surface area contributed by atoms with Crippen LogP contribution < -0.4 is 9.46 Å². The maximum Gasteiger partial charge on any atom is 0.241 e. The van der Waals surface area contributed by atoms with E-state index in [0.29, 0.717) is 16.6 Å². The topological polar surface area (TPSA) is 75.6 Å². The molecule has 1 aliphatic rings. The minimum Gasteiger partial charge on any atom is -0.493 e. The number of ether oxygens (including phenoxy) is 1. The lowest BCUT2D eigenvalue weighted by Crippen LogP contribution is -2.28. The molecule has 0 saturated carbocycles. The number of halogens is 1. The molecule has 0 aliphatic carbocycles. The van der Waals surface area contributed by atoms with Crippen LogP contribution in [-0.2, 0) is 16.4 Å². The molecule has 0 spiro atoms. The Morgan fingerprint density at radius 3 is 2.83 bits per heavy atom. The van der Waals surface area contributed by atoms with Crippen LogP contribution in [0.2, 0.25) is 0 Å². The van der Waals surface area contributed by atoms with Crippen molar-refractivity contribution in [2.24, 2.45) is 0 Å². The Bertz CT molecular complexity index is 823. The molecule has 1 atom stereocenters. The van der Waals surface area contributed by atoms with Crippen molar-refractivity contribution in [3.63, 3.8) is 0 Å². The Balaban J connectivity index is 1.71. The highest BCUT2D eigenvalue weighted by Crippen LogP contribution is 2.28. The highest BCUT2D eigenvalue weighted by Gasteiger charge is 2.20. The maximum absolute atomic E-state index is 12.3. The number of hydrogen-bond acceptors (Lipinski definition) is 4. The SMILES string of the molecule is O=S(=O)(NC[C@H](O)c1ccc2c(c1)CCO2)c1ccccc1Br. The maximum atomic E-state index is 12.3. The standard InChI is InChI=1S/C16H16BrNO4S/c17-13-3-1-2-4-16(13)23(20,21)18-10-14(19)11-5-6-15-12(9-11)7-8-22-15/h1-6,9,14,18-19H,7-8,10H2/t14-/m0/s1. The molecule has 3 rings (SSSR count). The summed E-state index contributed by atoms with van der Waals surface area (Å²) in [6.07, 6.45) is -0.114. The van der Waals surface area contributed by atoms with Crippen LogP contribution in [0, 0.1) is 0 Å². The lowest BCUT2D eigenvalue weighted by Gasteiger charge is -2.14. The summed E-state index contributed by atoms with van der Waals surface area (Å²) in [5.74, 6) is 0.828. The first-order chi connectivity index (χ1) is 11.0. The molecule has 122 valence electrons. The van der Waals surface area contributed by atoms with Gasteiger partial charge in [0.25, 0.3) is 0 Å². The van der Waals surface area contributed by atoms with Gasteiger partial charge >= 0.3 is 0 Å². The lowest BCUT2D eigenvalue weighted by molar-refractivity contribution is 0.182. The van der Waals surface area contributed by atoms with Crippen molar-refractivity contribution in [2.45, 2.75) is 17.4 Å². The van der Waals surface area contributed by atoms with E-state index in [9.17, 15) is 13.5 Å². The third-order valence-corrected chi connectivity index (χ3v) is 6.13. The number of benzene rings is 2. The quantitative estimate of drug-likeness (QED) is 0.811. The van der Waals surface area contributed by atoms with Crippen LogP contribution in [0.5, 0.6) is 5.75 Å². The largest absolute Gasteiger partial charge is 0.493 e. The highest BCUT2D eigenvalue weighted by atomic mass is 79.9. The number of hydrogen-bond donors (Lipinski definition) is 2. The average Bonchev–Trinajstić information content (AvgIpc) is 3.00. The minimum atomic E-state index is -3.69. The molecule has 0 bridgehead atoms. The molecular formula is C16H16BrNO4S. The van der Waals surface area contributed by atoms with E-state index < -0.39 is 16.1 Å². The third kappa shape index (κ3) is 3.58. The summed E-state index contributed by atoms with van der Waals surface area (Å²) in [4.78, 5) is 0.148. The van der Waals surface area contributed by atoms with E-state index in [1.165, 1.54) is 6.07 Å². The molecule has 0 radical (unpaired) electrons. The van der Waals surface area contributed by atoms with Gasteiger partial charge in [0.2, 0.25) is 10.0 Å². The molecule has 0 fully saturated rings. The van der Waals surface area contributed by atoms with E-state index in [1.54, 1.807) is 24.3 Å². The number of sulfonamides is 1. The number of aliphatic hydroxyl groups is 1. The highest BCUT2D eigenvalue weighted by molar-refractivity contribution is 9.10. The van der Waals surface area contributed by atoms with Crippen LogP contribution in [0.4, 0.5) is 0 Å². The van der Waals surface area contributed by atoms with E-state index in [0.717, 1.165) is 17.7 Å². The lowest BCUT2D eigenvalue weighted by atomic mass is 10.0. The van der Waals surface area contributed by atoms with Gasteiger partial charge in [-0.2, -0.15) is 0 Å². The molecule has 2 aromatic rings. The van der Waals surface area contributed by atoms with Gasteiger partial charge in [0.15, 0.2) is 0 Å². The molecule has 23 heavy (non-hydrogen) atoms. The molecule has 0 amide bonds. The number of rotatable bonds is 5. The molecule has 0 unspecified atom stereocenters. The molecular weight excluding hydrogens is 382 g/mol. The number of nitrogens with one attached hydrogen (secondary N) is 1. The Kier molecular flexibility index (Phi) is 4.72. The van der Waals surface area contributed by atoms with Gasteiger partial charge in [-0.3, -0.25) is 0 Å². The summed E-state index contributed by atoms with van der Waals surface area (Å²) in [7, 11) is -3.69. The van der Waals surface area contributed by atoms with Crippen LogP contribution in [0.25, 0.3) is 0 Å². The molecule has 0 saturated heterocycles. The zero-order valence-corrected chi connectivity index (χ0v) is 14.6. The van der Waals surface area contributed by atoms with Gasteiger partial charge in [-0.15, -0.1) is 0 Å². The third-order valence-electron chi connectivity index (χ3n) is 3.69. The fraction of sp³-hybridized carbons (Fsp3) is 0.250. The van der Waals surface area contributed by atoms with E-state index in [1.807, 2.05) is 12.1 Å². The summed E-state index contributed by atoms with van der Waals surface area (Å²) >= 11 is 3.22. The predicted octanol–water partition coefficient (Wildman–Crippen LogP) is 2.40. The smallest absolute Gasteiger partial charge is 0.241 e. The zero-order chi connectivity index (χ0) is 16.4. The normalized spacial score (nSPS) is 15.0. The van der Waals surface area contributed by atoms with Crippen LogP contribution in [-0.4, -0.2) is 26.7 Å². The summed E-state index contributed by atoms with van der Waals surface area (Å²) in [5, 5.41) is 10.3. The second-order valence-electron chi connectivity index (χ2n) is 5.26. The van der Waals surface area contributed by atoms with Gasteiger partial charge in [-0.25, -0.2) is 13.1 Å². The van der Waals surface area contributed by atoms with E-state index in [4.69, 9.17) is 4.74 Å². The summed E-state index contributed by atoms with van der Waals surface area (Å²) in [6.45, 7) is 0.548. The van der Waals surface area contributed by atoms with Gasteiger partial charge in [-0.05, 0) is 51.3 Å². The van der Waals surface area contributed by atoms with Crippen molar-refractivity contribution in [1.29, 1.82) is 0 Å². The van der Waals surface area contributed by atoms with E-state index >= 15 is 0 Å². The Labute approximate surface area is 143 Å². The molecule has 5 nitrogen and oxygen atoms in total. The molecule has 0 aromatic heterocycles. The van der Waals surface area contributed by atoms with Gasteiger partial charge in [-0.1, -0.05) is 18.2 Å². The van der Waals surface area contributed by atoms with Gasteiger partial charge in [0.1, 0.15) is 5.75 Å². The van der Waals surface area contributed by atoms with Crippen LogP contribution in [0.1, 0.15) is 17.2 Å². The first-order valence-electron chi connectivity index (χ1n) is 7.15. The van der Waals surface area contributed by atoms with Crippen LogP contribution in [0.15, 0.2) is 51.8 Å². The average molecular weight is 398 g/mol. The fourth-order valence-electron chi connectivity index (χ4n) is 2.46. The van der Waals surface area contributed by atoms with E-state index in [2.05, 4.69) is 20.7 Å². The monoisotopic (exact) mass is 397 g/mol. The summed E-state index contributed by atoms with van der Waals surface area (Å²) < 4.78 is 33.0. The first-order valence-corrected chi connectivity index (χ1v) is 9.43. The second kappa shape index (κ2) is 6.60. The van der Waals surface area contributed by atoms with Gasteiger partial charge in [0.05, 0.1) is 17.6 Å². The van der Waals surface area contributed by atoms with Crippen molar-refractivity contribution >= 4 is 26.0 Å². The van der Waals surface area contributed by atoms with Crippen molar-refractivity contribution in [1.82, 2.24) is 4.72 Å². The summed E-state index contributed by atoms with van der Waals surface area (Å²) in [6, 6.07) is 12.0. The van der Waals surface area contributed by atoms with Crippen molar-refractivity contribution in [2.75, 3.05) is 13.2 Å². The molecule has 2 N–H and O–H groups in total. The second-order valence-corrected chi connectivity index (χ2v) is 7.85. The van der Waals surface area contributed by atoms with Crippen molar-refractivity contribution in [3.8, 4) is 5.75 Å². The number of aliphatic hydroxyl groups excluding tert-OH is 1. The minimum absolute atomic E-state index is 0.0939. The summed E-state index contributed by atoms with van der Waals surface area (Å²) in [5.41, 5.74) is 1.71. The fourth-order valence-corrected chi connectivity index (χ4v) is 4.50. The Morgan fingerprint density at radius 2 is 2.04 bits per heavy atom. The van der Waals surface area contributed by atoms with Gasteiger partial charge < -0.3 is 9.84 Å².